The molecule has 3 rings (SSSR count). The predicted octanol–water partition coefficient (Wildman–Crippen LogP) is 1.79. The lowest BCUT2D eigenvalue weighted by atomic mass is 10.1. The van der Waals surface area contributed by atoms with E-state index in [-0.39, 0.29) is 0 Å². The fraction of sp³-hybridized carbons (Fsp3) is 0.182. The van der Waals surface area contributed by atoms with Crippen LogP contribution in [0.15, 0.2) is 18.2 Å². The molecule has 0 spiro atoms. The highest BCUT2D eigenvalue weighted by Crippen LogP contribution is 2.36. The maximum atomic E-state index is 5.18. The number of benzene rings is 1. The summed E-state index contributed by atoms with van der Waals surface area (Å²) in [7, 11) is 1.68. The molecule has 1 aliphatic rings. The van der Waals surface area contributed by atoms with Crippen LogP contribution in [0.25, 0.3) is 11.3 Å². The van der Waals surface area contributed by atoms with E-state index in [0.29, 0.717) is 0 Å². The third kappa shape index (κ3) is 0.894. The fourth-order valence-electron chi connectivity index (χ4n) is 1.89. The van der Waals surface area contributed by atoms with Crippen LogP contribution in [0.2, 0.25) is 0 Å². The number of aromatic nitrogens is 2. The molecule has 1 N–H and O–H groups in total. The summed E-state index contributed by atoms with van der Waals surface area (Å²) in [6.07, 6.45) is 3.93. The molecule has 3 nitrogen and oxygen atoms in total. The van der Waals surface area contributed by atoms with Gasteiger partial charge in [-0.05, 0) is 23.8 Å². The van der Waals surface area contributed by atoms with Crippen molar-refractivity contribution in [3.05, 3.63) is 35.5 Å². The lowest BCUT2D eigenvalue weighted by Gasteiger charge is -2.02. The van der Waals surface area contributed by atoms with Gasteiger partial charge >= 0.3 is 0 Å². The molecule has 1 aliphatic carbocycles. The minimum atomic E-state index is 0.901. The minimum Gasteiger partial charge on any atom is -0.497 e. The van der Waals surface area contributed by atoms with Crippen LogP contribution in [-0.2, 0) is 6.42 Å². The quantitative estimate of drug-likeness (QED) is 0.627. The Kier molecular flexibility index (Phi) is 1.42. The molecule has 0 atom stereocenters. The summed E-state index contributed by atoms with van der Waals surface area (Å²) in [5.41, 5.74) is 4.64. The highest BCUT2D eigenvalue weighted by Gasteiger charge is 2.21. The van der Waals surface area contributed by atoms with E-state index in [1.54, 1.807) is 7.11 Å². The second kappa shape index (κ2) is 2.61. The Balaban J connectivity index is 2.18. The van der Waals surface area contributed by atoms with Crippen molar-refractivity contribution < 1.29 is 4.74 Å². The second-order valence-electron chi connectivity index (χ2n) is 3.38. The van der Waals surface area contributed by atoms with Gasteiger partial charge in [-0.2, -0.15) is 5.10 Å². The van der Waals surface area contributed by atoms with Crippen molar-refractivity contribution in [2.75, 3.05) is 7.11 Å². The zero-order chi connectivity index (χ0) is 9.54. The van der Waals surface area contributed by atoms with Crippen molar-refractivity contribution in [1.29, 1.82) is 0 Å². The summed E-state index contributed by atoms with van der Waals surface area (Å²) in [6.45, 7) is 0. The van der Waals surface area contributed by atoms with Crippen molar-refractivity contribution in [1.82, 2.24) is 10.2 Å². The summed E-state index contributed by atoms with van der Waals surface area (Å²) in [4.78, 5) is 0. The van der Waals surface area contributed by atoms with Crippen molar-refractivity contribution in [2.45, 2.75) is 6.42 Å². The molecule has 14 heavy (non-hydrogen) atoms. The lowest BCUT2D eigenvalue weighted by molar-refractivity contribution is 0.414. The Morgan fingerprint density at radius 2 is 2.43 bits per heavy atom. The number of rotatable bonds is 1. The monoisotopic (exact) mass is 185 g/mol. The van der Waals surface area contributed by atoms with Gasteiger partial charge in [0, 0.05) is 17.5 Å². The highest BCUT2D eigenvalue weighted by molar-refractivity contribution is 5.73. The van der Waals surface area contributed by atoms with Gasteiger partial charge in [0.2, 0.25) is 0 Å². The molecule has 0 fully saturated rings. The number of nitrogens with one attached hydrogen (secondary N) is 1. The first-order valence-corrected chi connectivity index (χ1v) is 4.50. The molecular weight excluding hydrogens is 176 g/mol. The summed E-state index contributed by atoms with van der Waals surface area (Å²) in [6, 6.07) is 6.07. The Morgan fingerprint density at radius 1 is 1.50 bits per heavy atom. The van der Waals surface area contributed by atoms with E-state index in [9.17, 15) is 0 Å². The van der Waals surface area contributed by atoms with E-state index < -0.39 is 0 Å². The topological polar surface area (TPSA) is 37.9 Å². The molecule has 0 saturated carbocycles. The molecule has 0 bridgehead atoms. The molecule has 1 aromatic heterocycles. The molecular formula is C11H9N2O. The van der Waals surface area contributed by atoms with E-state index in [1.165, 1.54) is 11.1 Å². The third-order valence-electron chi connectivity index (χ3n) is 2.60. The lowest BCUT2D eigenvalue weighted by Crippen LogP contribution is -1.86. The molecule has 0 unspecified atom stereocenters. The molecule has 1 aromatic carbocycles. The third-order valence-corrected chi connectivity index (χ3v) is 2.60. The van der Waals surface area contributed by atoms with Crippen LogP contribution in [0, 0.1) is 6.20 Å². The predicted molar refractivity (Wildman–Crippen MR) is 52.2 cm³/mol. The summed E-state index contributed by atoms with van der Waals surface area (Å²) in [5.74, 6) is 0.901. The maximum Gasteiger partial charge on any atom is 0.119 e. The van der Waals surface area contributed by atoms with Gasteiger partial charge in [-0.3, -0.25) is 5.10 Å². The van der Waals surface area contributed by atoms with Crippen LogP contribution >= 0.6 is 0 Å². The zero-order valence-corrected chi connectivity index (χ0v) is 7.79. The normalized spacial score (nSPS) is 12.4. The van der Waals surface area contributed by atoms with Crippen LogP contribution in [0.3, 0.4) is 0 Å². The number of aromatic amines is 1. The molecule has 3 heteroatoms. The number of methoxy groups -OCH3 is 1. The summed E-state index contributed by atoms with van der Waals surface area (Å²) >= 11 is 0. The van der Waals surface area contributed by atoms with Gasteiger partial charge in [-0.25, -0.2) is 0 Å². The number of fused-ring (bicyclic) bond motifs is 3. The number of hydrogen-bond donors (Lipinski definition) is 1. The zero-order valence-electron chi connectivity index (χ0n) is 7.79. The van der Waals surface area contributed by atoms with Gasteiger partial charge in [0.1, 0.15) is 5.75 Å². The van der Waals surface area contributed by atoms with Gasteiger partial charge in [-0.15, -0.1) is 0 Å². The molecule has 2 aromatic rings. The molecule has 0 aliphatic heterocycles. The fourth-order valence-corrected chi connectivity index (χ4v) is 1.89. The average Bonchev–Trinajstić information content (AvgIpc) is 2.75. The van der Waals surface area contributed by atoms with E-state index >= 15 is 0 Å². The summed E-state index contributed by atoms with van der Waals surface area (Å²) in [5, 5.41) is 6.94. The SMILES string of the molecule is COc1ccc2c(c1)Cc1[c][nH]nc1-2. The largest absolute Gasteiger partial charge is 0.497 e. The van der Waals surface area contributed by atoms with Gasteiger partial charge in [0.15, 0.2) is 0 Å². The van der Waals surface area contributed by atoms with E-state index in [2.05, 4.69) is 28.5 Å². The minimum absolute atomic E-state index is 0.901. The maximum absolute atomic E-state index is 5.18. The van der Waals surface area contributed by atoms with Gasteiger partial charge in [0.25, 0.3) is 0 Å². The van der Waals surface area contributed by atoms with Crippen LogP contribution in [0.5, 0.6) is 5.75 Å². The first-order chi connectivity index (χ1) is 6.88. The van der Waals surface area contributed by atoms with Crippen molar-refractivity contribution in [3.63, 3.8) is 0 Å². The van der Waals surface area contributed by atoms with Gasteiger partial charge in [0.05, 0.1) is 19.0 Å². The summed E-state index contributed by atoms with van der Waals surface area (Å²) < 4.78 is 5.18. The van der Waals surface area contributed by atoms with Crippen molar-refractivity contribution >= 4 is 0 Å². The number of H-pyrrole nitrogens is 1. The van der Waals surface area contributed by atoms with Crippen LogP contribution < -0.4 is 4.74 Å². The van der Waals surface area contributed by atoms with Gasteiger partial charge in [-0.1, -0.05) is 0 Å². The van der Waals surface area contributed by atoms with Crippen molar-refractivity contribution in [2.24, 2.45) is 0 Å². The van der Waals surface area contributed by atoms with Crippen LogP contribution in [-0.4, -0.2) is 17.3 Å². The number of hydrogen-bond acceptors (Lipinski definition) is 2. The Labute approximate surface area is 81.7 Å². The number of ether oxygens (including phenoxy) is 1. The molecule has 69 valence electrons. The standard InChI is InChI=1S/C11H9N2O/c1-14-9-2-3-10-7(5-9)4-8-6-12-13-11(8)10/h2-3,5H,4H2,1H3,(H,12,13). The molecule has 1 heterocycles. The van der Waals surface area contributed by atoms with E-state index in [1.807, 2.05) is 6.07 Å². The highest BCUT2D eigenvalue weighted by atomic mass is 16.5. The Morgan fingerprint density at radius 3 is 3.29 bits per heavy atom. The first-order valence-electron chi connectivity index (χ1n) is 4.50. The number of nitrogens with zero attached hydrogens (tertiary/aromatic N) is 1. The van der Waals surface area contributed by atoms with Crippen LogP contribution in [0.4, 0.5) is 0 Å². The Bertz CT molecular complexity index is 488. The van der Waals surface area contributed by atoms with Crippen LogP contribution in [0.1, 0.15) is 11.1 Å². The smallest absolute Gasteiger partial charge is 0.119 e. The van der Waals surface area contributed by atoms with Gasteiger partial charge < -0.3 is 4.74 Å². The second-order valence-corrected chi connectivity index (χ2v) is 3.38. The first kappa shape index (κ1) is 7.62. The van der Waals surface area contributed by atoms with E-state index in [4.69, 9.17) is 4.74 Å². The van der Waals surface area contributed by atoms with E-state index in [0.717, 1.165) is 23.4 Å². The Hall–Kier alpha value is -1.77. The molecule has 1 radical (unpaired) electrons. The van der Waals surface area contributed by atoms with Crippen molar-refractivity contribution in [3.8, 4) is 17.0 Å². The average molecular weight is 185 g/mol. The molecule has 0 amide bonds. The molecule has 0 saturated heterocycles.